The molecule has 0 unspecified atom stereocenters. The van der Waals surface area contributed by atoms with Crippen molar-refractivity contribution < 1.29 is 4.39 Å². The highest BCUT2D eigenvalue weighted by molar-refractivity contribution is 7.13. The van der Waals surface area contributed by atoms with E-state index < -0.39 is 5.82 Å². The van der Waals surface area contributed by atoms with Gasteiger partial charge in [-0.15, -0.1) is 11.3 Å². The number of aryl methyl sites for hydroxylation is 1. The van der Waals surface area contributed by atoms with Gasteiger partial charge in [0.25, 0.3) is 0 Å². The molecule has 2 aromatic heterocycles. The zero-order chi connectivity index (χ0) is 10.1. The molecule has 0 bridgehead atoms. The predicted molar refractivity (Wildman–Crippen MR) is 54.5 cm³/mol. The van der Waals surface area contributed by atoms with Crippen LogP contribution in [0.5, 0.6) is 0 Å². The van der Waals surface area contributed by atoms with E-state index in [1.54, 1.807) is 6.92 Å². The van der Waals surface area contributed by atoms with E-state index in [-0.39, 0.29) is 11.5 Å². The number of thiophene rings is 1. The fourth-order valence-corrected chi connectivity index (χ4v) is 1.76. The third-order valence-corrected chi connectivity index (χ3v) is 2.65. The smallest absolute Gasteiger partial charge is 0.186 e. The van der Waals surface area contributed by atoms with Crippen molar-refractivity contribution in [3.8, 4) is 10.7 Å². The molecule has 0 radical (unpaired) electrons. The summed E-state index contributed by atoms with van der Waals surface area (Å²) in [5.41, 5.74) is 5.68. The largest absolute Gasteiger partial charge is 0.381 e. The first-order chi connectivity index (χ1) is 6.68. The zero-order valence-electron chi connectivity index (χ0n) is 7.49. The summed E-state index contributed by atoms with van der Waals surface area (Å²) in [5.74, 6) is -0.150. The van der Waals surface area contributed by atoms with Crippen molar-refractivity contribution in [3.05, 3.63) is 29.0 Å². The van der Waals surface area contributed by atoms with Crippen LogP contribution in [-0.2, 0) is 0 Å². The van der Waals surface area contributed by atoms with Gasteiger partial charge in [0.05, 0.1) is 10.6 Å². The lowest BCUT2D eigenvalue weighted by molar-refractivity contribution is 0.608. The van der Waals surface area contributed by atoms with Crippen LogP contribution in [0.2, 0.25) is 0 Å². The maximum atomic E-state index is 13.1. The summed E-state index contributed by atoms with van der Waals surface area (Å²) in [6.45, 7) is 1.57. The fourth-order valence-electron chi connectivity index (χ4n) is 1.10. The summed E-state index contributed by atoms with van der Waals surface area (Å²) in [4.78, 5) is 8.79. The molecule has 0 saturated carbocycles. The van der Waals surface area contributed by atoms with Gasteiger partial charge in [-0.2, -0.15) is 0 Å². The van der Waals surface area contributed by atoms with E-state index in [4.69, 9.17) is 5.73 Å². The number of hydrogen-bond donors (Lipinski definition) is 1. The van der Waals surface area contributed by atoms with Gasteiger partial charge in [-0.1, -0.05) is 6.07 Å². The molecule has 0 aliphatic rings. The topological polar surface area (TPSA) is 51.8 Å². The molecule has 0 amide bonds. The monoisotopic (exact) mass is 209 g/mol. The number of nitrogen functional groups attached to an aromatic ring is 1. The van der Waals surface area contributed by atoms with Gasteiger partial charge < -0.3 is 5.73 Å². The Labute approximate surface area is 84.4 Å². The molecule has 5 heteroatoms. The van der Waals surface area contributed by atoms with Gasteiger partial charge in [0, 0.05) is 0 Å². The Morgan fingerprint density at radius 3 is 2.79 bits per heavy atom. The van der Waals surface area contributed by atoms with E-state index in [0.717, 1.165) is 4.88 Å². The molecule has 2 N–H and O–H groups in total. The molecule has 2 heterocycles. The summed E-state index contributed by atoms with van der Waals surface area (Å²) in [6.07, 6.45) is 0. The molecule has 0 aliphatic heterocycles. The maximum absolute atomic E-state index is 13.1. The van der Waals surface area contributed by atoms with Gasteiger partial charge in [-0.25, -0.2) is 14.4 Å². The molecule has 0 aliphatic carbocycles. The van der Waals surface area contributed by atoms with Crippen molar-refractivity contribution in [2.75, 3.05) is 5.73 Å². The SMILES string of the molecule is Cc1nc(-c2cccs2)nc(N)c1F. The van der Waals surface area contributed by atoms with Crippen molar-refractivity contribution in [2.24, 2.45) is 0 Å². The molecule has 0 fully saturated rings. The minimum atomic E-state index is -0.537. The summed E-state index contributed by atoms with van der Waals surface area (Å²) >= 11 is 1.50. The minimum absolute atomic E-state index is 0.0964. The third kappa shape index (κ3) is 1.46. The van der Waals surface area contributed by atoms with Gasteiger partial charge in [0.15, 0.2) is 17.5 Å². The van der Waals surface area contributed by atoms with E-state index in [2.05, 4.69) is 9.97 Å². The summed E-state index contributed by atoms with van der Waals surface area (Å²) in [7, 11) is 0. The van der Waals surface area contributed by atoms with Crippen LogP contribution in [0.15, 0.2) is 17.5 Å². The lowest BCUT2D eigenvalue weighted by atomic mass is 10.3. The van der Waals surface area contributed by atoms with Gasteiger partial charge in [-0.05, 0) is 18.4 Å². The highest BCUT2D eigenvalue weighted by atomic mass is 32.1. The van der Waals surface area contributed by atoms with Crippen molar-refractivity contribution in [2.45, 2.75) is 6.92 Å². The molecule has 0 atom stereocenters. The minimum Gasteiger partial charge on any atom is -0.381 e. The molecule has 72 valence electrons. The normalized spacial score (nSPS) is 10.4. The predicted octanol–water partition coefficient (Wildman–Crippen LogP) is 2.23. The number of nitrogens with two attached hydrogens (primary N) is 1. The first-order valence-electron chi connectivity index (χ1n) is 4.02. The van der Waals surface area contributed by atoms with E-state index in [1.807, 2.05) is 17.5 Å². The van der Waals surface area contributed by atoms with Crippen molar-refractivity contribution in [1.29, 1.82) is 0 Å². The summed E-state index contributed by atoms with van der Waals surface area (Å²) < 4.78 is 13.1. The van der Waals surface area contributed by atoms with Crippen LogP contribution in [0.25, 0.3) is 10.7 Å². The fraction of sp³-hybridized carbons (Fsp3) is 0.111. The number of hydrogen-bond acceptors (Lipinski definition) is 4. The van der Waals surface area contributed by atoms with Crippen molar-refractivity contribution in [3.63, 3.8) is 0 Å². The number of anilines is 1. The van der Waals surface area contributed by atoms with Crippen LogP contribution in [0.1, 0.15) is 5.69 Å². The van der Waals surface area contributed by atoms with Crippen molar-refractivity contribution >= 4 is 17.2 Å². The average Bonchev–Trinajstić information content (AvgIpc) is 2.66. The Bertz CT molecular complexity index is 430. The number of nitrogens with zero attached hydrogens (tertiary/aromatic N) is 2. The van der Waals surface area contributed by atoms with Crippen LogP contribution < -0.4 is 5.73 Å². The molecule has 2 rings (SSSR count). The molecule has 0 spiro atoms. The number of aromatic nitrogens is 2. The first-order valence-corrected chi connectivity index (χ1v) is 4.90. The van der Waals surface area contributed by atoms with E-state index in [1.165, 1.54) is 11.3 Å². The van der Waals surface area contributed by atoms with Crippen LogP contribution >= 0.6 is 11.3 Å². The van der Waals surface area contributed by atoms with Crippen LogP contribution in [0.3, 0.4) is 0 Å². The van der Waals surface area contributed by atoms with E-state index in [9.17, 15) is 4.39 Å². The second kappa shape index (κ2) is 3.34. The lowest BCUT2D eigenvalue weighted by Gasteiger charge is -2.02. The third-order valence-electron chi connectivity index (χ3n) is 1.78. The molecule has 14 heavy (non-hydrogen) atoms. The highest BCUT2D eigenvalue weighted by Gasteiger charge is 2.10. The Kier molecular flexibility index (Phi) is 2.17. The van der Waals surface area contributed by atoms with Crippen LogP contribution in [0, 0.1) is 12.7 Å². The van der Waals surface area contributed by atoms with Gasteiger partial charge >= 0.3 is 0 Å². The average molecular weight is 209 g/mol. The second-order valence-corrected chi connectivity index (χ2v) is 3.76. The Morgan fingerprint density at radius 2 is 2.21 bits per heavy atom. The molecule has 0 saturated heterocycles. The maximum Gasteiger partial charge on any atom is 0.186 e. The number of rotatable bonds is 1. The van der Waals surface area contributed by atoms with E-state index >= 15 is 0 Å². The van der Waals surface area contributed by atoms with Gasteiger partial charge in [0.1, 0.15) is 0 Å². The zero-order valence-corrected chi connectivity index (χ0v) is 8.31. The van der Waals surface area contributed by atoms with Gasteiger partial charge in [-0.3, -0.25) is 0 Å². The highest BCUT2D eigenvalue weighted by Crippen LogP contribution is 2.23. The lowest BCUT2D eigenvalue weighted by Crippen LogP contribution is -2.02. The van der Waals surface area contributed by atoms with Gasteiger partial charge in [0.2, 0.25) is 0 Å². The summed E-state index contributed by atoms with van der Waals surface area (Å²) in [6, 6.07) is 3.76. The Hall–Kier alpha value is -1.49. The van der Waals surface area contributed by atoms with E-state index in [0.29, 0.717) is 5.82 Å². The molecular formula is C9H8FN3S. The summed E-state index contributed by atoms with van der Waals surface area (Å²) in [5, 5.41) is 1.91. The molecular weight excluding hydrogens is 201 g/mol. The molecule has 3 nitrogen and oxygen atoms in total. The standard InChI is InChI=1S/C9H8FN3S/c1-5-7(10)8(11)13-9(12-5)6-3-2-4-14-6/h2-4H,1H3,(H2,11,12,13). The van der Waals surface area contributed by atoms with Crippen LogP contribution in [-0.4, -0.2) is 9.97 Å². The van der Waals surface area contributed by atoms with Crippen molar-refractivity contribution in [1.82, 2.24) is 9.97 Å². The Balaban J connectivity index is 2.57. The second-order valence-electron chi connectivity index (χ2n) is 2.81. The van der Waals surface area contributed by atoms with Crippen LogP contribution in [0.4, 0.5) is 10.2 Å². The Morgan fingerprint density at radius 1 is 1.43 bits per heavy atom. The quantitative estimate of drug-likeness (QED) is 0.783. The number of halogens is 1. The first kappa shape index (κ1) is 9.08. The molecule has 2 aromatic rings. The molecule has 0 aromatic carbocycles.